The first-order valence-corrected chi connectivity index (χ1v) is 5.74. The number of amides is 1. The molecule has 0 saturated heterocycles. The molecule has 0 radical (unpaired) electrons. The second-order valence-electron chi connectivity index (χ2n) is 3.84. The largest absolute Gasteiger partial charge is 0.380 e. The monoisotopic (exact) mass is 246 g/mol. The van der Waals surface area contributed by atoms with Crippen molar-refractivity contribution in [2.45, 2.75) is 13.2 Å². The number of carbonyl (C=O) groups is 1. The fraction of sp³-hybridized carbons (Fsp3) is 0.357. The van der Waals surface area contributed by atoms with Gasteiger partial charge in [0.15, 0.2) is 0 Å². The summed E-state index contributed by atoms with van der Waals surface area (Å²) in [6.07, 6.45) is 5.07. The number of methoxy groups -OCH3 is 1. The molecule has 0 saturated carbocycles. The summed E-state index contributed by atoms with van der Waals surface area (Å²) in [5.74, 6) is 2.35. The van der Waals surface area contributed by atoms with Crippen LogP contribution < -0.4 is 10.6 Å². The van der Waals surface area contributed by atoms with Crippen molar-refractivity contribution in [3.05, 3.63) is 35.4 Å². The zero-order valence-corrected chi connectivity index (χ0v) is 10.5. The second-order valence-corrected chi connectivity index (χ2v) is 3.84. The van der Waals surface area contributed by atoms with Crippen molar-refractivity contribution in [1.82, 2.24) is 10.6 Å². The van der Waals surface area contributed by atoms with E-state index in [2.05, 4.69) is 16.6 Å². The number of nitrogens with one attached hydrogen (secondary N) is 2. The lowest BCUT2D eigenvalue weighted by atomic mass is 10.1. The molecule has 0 aliphatic rings. The zero-order valence-electron chi connectivity index (χ0n) is 10.5. The lowest BCUT2D eigenvalue weighted by molar-refractivity contribution is -0.120. The number of hydrogen-bond donors (Lipinski definition) is 2. The topological polar surface area (TPSA) is 50.4 Å². The molecule has 0 atom stereocenters. The van der Waals surface area contributed by atoms with Crippen LogP contribution in [0.4, 0.5) is 0 Å². The molecule has 0 fully saturated rings. The molecule has 1 aromatic rings. The van der Waals surface area contributed by atoms with Crippen LogP contribution in [0.2, 0.25) is 0 Å². The Labute approximate surface area is 108 Å². The third-order valence-electron chi connectivity index (χ3n) is 2.30. The lowest BCUT2D eigenvalue weighted by Crippen LogP contribution is -2.33. The van der Waals surface area contributed by atoms with Crippen LogP contribution in [0.5, 0.6) is 0 Å². The summed E-state index contributed by atoms with van der Waals surface area (Å²) in [4.78, 5) is 11.4. The summed E-state index contributed by atoms with van der Waals surface area (Å²) in [7, 11) is 1.66. The van der Waals surface area contributed by atoms with Gasteiger partial charge in [-0.3, -0.25) is 10.1 Å². The third kappa shape index (κ3) is 5.48. The van der Waals surface area contributed by atoms with Crippen LogP contribution in [0.3, 0.4) is 0 Å². The van der Waals surface area contributed by atoms with Gasteiger partial charge in [-0.15, -0.1) is 6.42 Å². The number of rotatable bonds is 7. The van der Waals surface area contributed by atoms with Gasteiger partial charge < -0.3 is 10.1 Å². The van der Waals surface area contributed by atoms with Crippen LogP contribution in [0.1, 0.15) is 11.1 Å². The Morgan fingerprint density at radius 3 is 2.94 bits per heavy atom. The molecular formula is C14H18N2O2. The minimum atomic E-state index is -0.0672. The van der Waals surface area contributed by atoms with E-state index in [1.807, 2.05) is 24.3 Å². The van der Waals surface area contributed by atoms with Crippen LogP contribution >= 0.6 is 0 Å². The summed E-state index contributed by atoms with van der Waals surface area (Å²) in [5, 5.41) is 5.65. The van der Waals surface area contributed by atoms with E-state index in [4.69, 9.17) is 11.2 Å². The average Bonchev–Trinajstić information content (AvgIpc) is 2.38. The van der Waals surface area contributed by atoms with Crippen molar-refractivity contribution in [1.29, 1.82) is 0 Å². The van der Waals surface area contributed by atoms with Crippen molar-refractivity contribution < 1.29 is 9.53 Å². The van der Waals surface area contributed by atoms with E-state index in [0.29, 0.717) is 19.7 Å². The summed E-state index contributed by atoms with van der Waals surface area (Å²) < 4.78 is 5.06. The van der Waals surface area contributed by atoms with Crippen LogP contribution in [0, 0.1) is 12.3 Å². The van der Waals surface area contributed by atoms with E-state index in [1.165, 1.54) is 0 Å². The highest BCUT2D eigenvalue weighted by molar-refractivity contribution is 5.77. The zero-order chi connectivity index (χ0) is 13.2. The second kappa shape index (κ2) is 8.29. The molecule has 4 nitrogen and oxygen atoms in total. The molecule has 0 spiro atoms. The van der Waals surface area contributed by atoms with Crippen LogP contribution in [0.25, 0.3) is 0 Å². The lowest BCUT2D eigenvalue weighted by Gasteiger charge is -2.07. The van der Waals surface area contributed by atoms with Crippen molar-refractivity contribution in [3.8, 4) is 12.3 Å². The average molecular weight is 246 g/mol. The number of ether oxygens (including phenoxy) is 1. The molecule has 0 aliphatic carbocycles. The third-order valence-corrected chi connectivity index (χ3v) is 2.30. The molecule has 18 heavy (non-hydrogen) atoms. The smallest absolute Gasteiger partial charge is 0.234 e. The van der Waals surface area contributed by atoms with Crippen molar-refractivity contribution in [2.24, 2.45) is 0 Å². The van der Waals surface area contributed by atoms with Gasteiger partial charge in [-0.1, -0.05) is 30.2 Å². The summed E-state index contributed by atoms with van der Waals surface area (Å²) in [6.45, 7) is 1.72. The minimum Gasteiger partial charge on any atom is -0.380 e. The van der Waals surface area contributed by atoms with Crippen LogP contribution in [-0.2, 0) is 22.7 Å². The van der Waals surface area contributed by atoms with Crippen molar-refractivity contribution in [3.63, 3.8) is 0 Å². The van der Waals surface area contributed by atoms with Crippen LogP contribution in [-0.4, -0.2) is 26.1 Å². The fourth-order valence-electron chi connectivity index (χ4n) is 1.51. The van der Waals surface area contributed by atoms with Gasteiger partial charge in [0.05, 0.1) is 19.7 Å². The summed E-state index contributed by atoms with van der Waals surface area (Å²) in [6, 6.07) is 7.92. The van der Waals surface area contributed by atoms with Gasteiger partial charge >= 0.3 is 0 Å². The first-order chi connectivity index (χ1) is 8.76. The molecule has 2 N–H and O–H groups in total. The number of benzene rings is 1. The Morgan fingerprint density at radius 1 is 1.44 bits per heavy atom. The quantitative estimate of drug-likeness (QED) is 0.549. The predicted molar refractivity (Wildman–Crippen MR) is 70.7 cm³/mol. The maximum atomic E-state index is 11.4. The summed E-state index contributed by atoms with van der Waals surface area (Å²) >= 11 is 0. The Balaban J connectivity index is 2.36. The molecule has 1 aromatic carbocycles. The van der Waals surface area contributed by atoms with E-state index >= 15 is 0 Å². The van der Waals surface area contributed by atoms with Crippen molar-refractivity contribution >= 4 is 5.91 Å². The Kier molecular flexibility index (Phi) is 6.55. The van der Waals surface area contributed by atoms with Gasteiger partial charge in [0.25, 0.3) is 0 Å². The molecule has 96 valence electrons. The van der Waals surface area contributed by atoms with Gasteiger partial charge in [-0.05, 0) is 11.1 Å². The number of terminal acetylenes is 1. The highest BCUT2D eigenvalue weighted by Gasteiger charge is 2.00. The first kappa shape index (κ1) is 14.2. The van der Waals surface area contributed by atoms with E-state index in [9.17, 15) is 4.79 Å². The maximum absolute atomic E-state index is 11.4. The van der Waals surface area contributed by atoms with E-state index in [0.717, 1.165) is 11.1 Å². The first-order valence-electron chi connectivity index (χ1n) is 5.74. The highest BCUT2D eigenvalue weighted by atomic mass is 16.5. The molecule has 0 aromatic heterocycles. The van der Waals surface area contributed by atoms with E-state index in [-0.39, 0.29) is 12.5 Å². The van der Waals surface area contributed by atoms with Gasteiger partial charge in [0, 0.05) is 13.7 Å². The Bertz CT molecular complexity index is 424. The highest BCUT2D eigenvalue weighted by Crippen LogP contribution is 2.05. The molecular weight excluding hydrogens is 228 g/mol. The molecule has 1 rings (SSSR count). The molecule has 0 unspecified atom stereocenters. The summed E-state index contributed by atoms with van der Waals surface area (Å²) in [5.41, 5.74) is 2.14. The Hall–Kier alpha value is -1.83. The fourth-order valence-corrected chi connectivity index (χ4v) is 1.51. The Morgan fingerprint density at radius 2 is 2.22 bits per heavy atom. The van der Waals surface area contributed by atoms with E-state index < -0.39 is 0 Å². The van der Waals surface area contributed by atoms with Crippen LogP contribution in [0.15, 0.2) is 24.3 Å². The molecule has 0 heterocycles. The molecule has 0 aliphatic heterocycles. The minimum absolute atomic E-state index is 0.0672. The standard InChI is InChI=1S/C14H18N2O2/c1-3-7-15-10-14(17)16-9-12-5-4-6-13(8-12)11-18-2/h1,4-6,8,15H,7,9-11H2,2H3,(H,16,17). The maximum Gasteiger partial charge on any atom is 0.234 e. The predicted octanol–water partition coefficient (Wildman–Crippen LogP) is 0.672. The molecule has 1 amide bonds. The normalized spacial score (nSPS) is 9.78. The van der Waals surface area contributed by atoms with Gasteiger partial charge in [0.2, 0.25) is 5.91 Å². The van der Waals surface area contributed by atoms with Gasteiger partial charge in [-0.2, -0.15) is 0 Å². The molecule has 0 bridgehead atoms. The van der Waals surface area contributed by atoms with Gasteiger partial charge in [0.1, 0.15) is 0 Å². The number of carbonyl (C=O) groups excluding carboxylic acids is 1. The number of hydrogen-bond acceptors (Lipinski definition) is 3. The SMILES string of the molecule is C#CCNCC(=O)NCc1cccc(COC)c1. The van der Waals surface area contributed by atoms with Gasteiger partial charge in [-0.25, -0.2) is 0 Å². The van der Waals surface area contributed by atoms with Crippen molar-refractivity contribution in [2.75, 3.05) is 20.2 Å². The van der Waals surface area contributed by atoms with E-state index in [1.54, 1.807) is 7.11 Å². The molecule has 4 heteroatoms.